The highest BCUT2D eigenvalue weighted by Crippen LogP contribution is 2.59. The summed E-state index contributed by atoms with van der Waals surface area (Å²) < 4.78 is 0. The van der Waals surface area contributed by atoms with Gasteiger partial charge in [0.15, 0.2) is 0 Å². The molecule has 1 heterocycles. The van der Waals surface area contributed by atoms with Crippen molar-refractivity contribution in [3.8, 4) is 0 Å². The van der Waals surface area contributed by atoms with E-state index in [0.717, 1.165) is 5.56 Å². The van der Waals surface area contributed by atoms with Gasteiger partial charge in [-0.25, -0.2) is 0 Å². The number of thiophene rings is 1. The molecule has 0 aliphatic heterocycles. The second-order valence-corrected chi connectivity index (χ2v) is 6.92. The molecule has 1 nitrogen and oxygen atoms in total. The van der Waals surface area contributed by atoms with Gasteiger partial charge in [0.25, 0.3) is 0 Å². The molecule has 98 valence electrons. The lowest BCUT2D eigenvalue weighted by Gasteiger charge is -2.49. The molecule has 1 aromatic carbocycles. The Morgan fingerprint density at radius 2 is 1.84 bits per heavy atom. The van der Waals surface area contributed by atoms with Gasteiger partial charge in [-0.2, -0.15) is 0 Å². The van der Waals surface area contributed by atoms with Crippen molar-refractivity contribution in [1.82, 2.24) is 0 Å². The minimum absolute atomic E-state index is 0.0363. The third-order valence-corrected chi connectivity index (χ3v) is 5.38. The van der Waals surface area contributed by atoms with Gasteiger partial charge >= 0.3 is 0 Å². The van der Waals surface area contributed by atoms with E-state index in [1.54, 1.807) is 11.3 Å². The normalized spacial score (nSPS) is 25.1. The standard InChI is InChI=1S/C17H18OS/c1-11-9-13(19-10-11)15-14(16(18)17(15,2)3)12-7-5-4-6-8-12/h4-10,14-15H,1-3H3. The van der Waals surface area contributed by atoms with Crippen LogP contribution in [0.3, 0.4) is 0 Å². The van der Waals surface area contributed by atoms with Crippen molar-refractivity contribution in [1.29, 1.82) is 0 Å². The maximum Gasteiger partial charge on any atom is 0.147 e. The SMILES string of the molecule is Cc1csc(C2C(c3ccccc3)C(=O)C2(C)C)c1. The zero-order chi connectivity index (χ0) is 13.6. The topological polar surface area (TPSA) is 17.1 Å². The summed E-state index contributed by atoms with van der Waals surface area (Å²) in [7, 11) is 0. The number of hydrogen-bond donors (Lipinski definition) is 0. The van der Waals surface area contributed by atoms with Crippen LogP contribution in [0.25, 0.3) is 0 Å². The molecule has 3 rings (SSSR count). The number of benzene rings is 1. The zero-order valence-electron chi connectivity index (χ0n) is 11.5. The van der Waals surface area contributed by atoms with Crippen LogP contribution < -0.4 is 0 Å². The molecule has 19 heavy (non-hydrogen) atoms. The molecule has 0 saturated heterocycles. The van der Waals surface area contributed by atoms with Gasteiger partial charge in [-0.15, -0.1) is 11.3 Å². The fourth-order valence-corrected chi connectivity index (χ4v) is 4.39. The summed E-state index contributed by atoms with van der Waals surface area (Å²) in [5, 5.41) is 2.18. The van der Waals surface area contributed by atoms with Crippen LogP contribution in [0.1, 0.15) is 41.7 Å². The molecule has 0 amide bonds. The average molecular weight is 270 g/mol. The van der Waals surface area contributed by atoms with Crippen LogP contribution in [0.2, 0.25) is 0 Å². The first-order chi connectivity index (χ1) is 9.01. The quantitative estimate of drug-likeness (QED) is 0.783. The van der Waals surface area contributed by atoms with E-state index in [-0.39, 0.29) is 11.3 Å². The van der Waals surface area contributed by atoms with E-state index in [9.17, 15) is 4.79 Å². The molecule has 2 aromatic rings. The number of ketones is 1. The van der Waals surface area contributed by atoms with Crippen LogP contribution in [0.5, 0.6) is 0 Å². The Hall–Kier alpha value is -1.41. The Labute approximate surface area is 118 Å². The van der Waals surface area contributed by atoms with E-state index in [1.807, 2.05) is 18.2 Å². The van der Waals surface area contributed by atoms with E-state index in [1.165, 1.54) is 10.4 Å². The smallest absolute Gasteiger partial charge is 0.147 e. The monoisotopic (exact) mass is 270 g/mol. The Balaban J connectivity index is 2.02. The number of carbonyl (C=O) groups excluding carboxylic acids is 1. The molecule has 1 aliphatic carbocycles. The summed E-state index contributed by atoms with van der Waals surface area (Å²) >= 11 is 1.78. The van der Waals surface area contributed by atoms with Crippen LogP contribution in [0, 0.1) is 12.3 Å². The van der Waals surface area contributed by atoms with Gasteiger partial charge in [-0.05, 0) is 29.5 Å². The van der Waals surface area contributed by atoms with Gasteiger partial charge in [0.2, 0.25) is 0 Å². The molecular formula is C17H18OS. The van der Waals surface area contributed by atoms with Crippen LogP contribution >= 0.6 is 11.3 Å². The lowest BCUT2D eigenvalue weighted by Crippen LogP contribution is -2.50. The van der Waals surface area contributed by atoms with E-state index >= 15 is 0 Å². The Kier molecular flexibility index (Phi) is 2.86. The number of carbonyl (C=O) groups is 1. The Morgan fingerprint density at radius 3 is 2.42 bits per heavy atom. The van der Waals surface area contributed by atoms with Gasteiger partial charge in [0.05, 0.1) is 5.92 Å². The van der Waals surface area contributed by atoms with Gasteiger partial charge in [0.1, 0.15) is 5.78 Å². The first-order valence-electron chi connectivity index (χ1n) is 6.66. The fraction of sp³-hybridized carbons (Fsp3) is 0.353. The van der Waals surface area contributed by atoms with Crippen molar-refractivity contribution in [2.24, 2.45) is 5.41 Å². The molecule has 0 N–H and O–H groups in total. The van der Waals surface area contributed by atoms with Crippen molar-refractivity contribution in [3.05, 3.63) is 57.8 Å². The number of aryl methyl sites for hydroxylation is 1. The minimum Gasteiger partial charge on any atom is -0.298 e. The van der Waals surface area contributed by atoms with E-state index in [2.05, 4.69) is 44.4 Å². The second-order valence-electron chi connectivity index (χ2n) is 5.98. The molecule has 0 spiro atoms. The molecule has 2 heteroatoms. The minimum atomic E-state index is -0.238. The molecule has 1 aliphatic rings. The third-order valence-electron chi connectivity index (χ3n) is 4.24. The highest BCUT2D eigenvalue weighted by molar-refractivity contribution is 7.10. The predicted molar refractivity (Wildman–Crippen MR) is 79.8 cm³/mol. The summed E-state index contributed by atoms with van der Waals surface area (Å²) in [6, 6.07) is 12.4. The van der Waals surface area contributed by atoms with Gasteiger partial charge < -0.3 is 0 Å². The van der Waals surface area contributed by atoms with Gasteiger partial charge in [0, 0.05) is 16.2 Å². The maximum atomic E-state index is 12.5. The molecule has 2 unspecified atom stereocenters. The number of hydrogen-bond acceptors (Lipinski definition) is 2. The van der Waals surface area contributed by atoms with Crippen LogP contribution in [-0.4, -0.2) is 5.78 Å². The molecule has 1 saturated carbocycles. The van der Waals surface area contributed by atoms with Crippen molar-refractivity contribution in [3.63, 3.8) is 0 Å². The van der Waals surface area contributed by atoms with Crippen molar-refractivity contribution in [2.75, 3.05) is 0 Å². The molecule has 1 fully saturated rings. The molecule has 2 atom stereocenters. The average Bonchev–Trinajstić information content (AvgIpc) is 2.81. The summed E-state index contributed by atoms with van der Waals surface area (Å²) in [4.78, 5) is 13.8. The highest BCUT2D eigenvalue weighted by Gasteiger charge is 2.57. The molecule has 0 radical (unpaired) electrons. The number of rotatable bonds is 2. The van der Waals surface area contributed by atoms with Gasteiger partial charge in [-0.1, -0.05) is 44.2 Å². The van der Waals surface area contributed by atoms with Crippen LogP contribution in [0.4, 0.5) is 0 Å². The fourth-order valence-electron chi connectivity index (χ4n) is 3.17. The van der Waals surface area contributed by atoms with Crippen molar-refractivity contribution < 1.29 is 4.79 Å². The van der Waals surface area contributed by atoms with Crippen LogP contribution in [-0.2, 0) is 4.79 Å². The van der Waals surface area contributed by atoms with E-state index in [4.69, 9.17) is 0 Å². The summed E-state index contributed by atoms with van der Waals surface area (Å²) in [5.41, 5.74) is 2.21. The Morgan fingerprint density at radius 1 is 1.16 bits per heavy atom. The highest BCUT2D eigenvalue weighted by atomic mass is 32.1. The van der Waals surface area contributed by atoms with E-state index < -0.39 is 0 Å². The van der Waals surface area contributed by atoms with Crippen LogP contribution in [0.15, 0.2) is 41.8 Å². The van der Waals surface area contributed by atoms with Crippen molar-refractivity contribution >= 4 is 17.1 Å². The molecule has 0 bridgehead atoms. The lowest BCUT2D eigenvalue weighted by molar-refractivity contribution is -0.141. The maximum absolute atomic E-state index is 12.5. The largest absolute Gasteiger partial charge is 0.298 e. The first kappa shape index (κ1) is 12.6. The van der Waals surface area contributed by atoms with Crippen molar-refractivity contribution in [2.45, 2.75) is 32.6 Å². The third kappa shape index (κ3) is 1.86. The van der Waals surface area contributed by atoms with Gasteiger partial charge in [-0.3, -0.25) is 4.79 Å². The van der Waals surface area contributed by atoms with E-state index in [0.29, 0.717) is 11.7 Å². The predicted octanol–water partition coefficient (Wildman–Crippen LogP) is 4.53. The zero-order valence-corrected chi connectivity index (χ0v) is 12.3. The lowest BCUT2D eigenvalue weighted by atomic mass is 9.52. The summed E-state index contributed by atoms with van der Waals surface area (Å²) in [6.45, 7) is 6.27. The molecule has 1 aromatic heterocycles. The first-order valence-corrected chi connectivity index (χ1v) is 7.54. The number of Topliss-reactive ketones (excluding diaryl/α,β-unsaturated/α-hetero) is 1. The second kappa shape index (κ2) is 4.31. The summed E-state index contributed by atoms with van der Waals surface area (Å²) in [6.07, 6.45) is 0. The molecular weight excluding hydrogens is 252 g/mol. The Bertz CT molecular complexity index is 609. The summed E-state index contributed by atoms with van der Waals surface area (Å²) in [5.74, 6) is 0.727.